The fraction of sp³-hybridized carbons (Fsp3) is 0.0370. The van der Waals surface area contributed by atoms with E-state index in [0.29, 0.717) is 0 Å². The van der Waals surface area contributed by atoms with Crippen molar-refractivity contribution in [2.75, 3.05) is 0 Å². The molecule has 0 fully saturated rings. The summed E-state index contributed by atoms with van der Waals surface area (Å²) < 4.78 is 6.35. The van der Waals surface area contributed by atoms with Crippen LogP contribution < -0.4 is 4.74 Å². The third-order valence-electron chi connectivity index (χ3n) is 5.12. The summed E-state index contributed by atoms with van der Waals surface area (Å²) in [7, 11) is 0. The number of rotatable bonds is 3. The number of ether oxygens (including phenoxy) is 1. The van der Waals surface area contributed by atoms with Crippen LogP contribution in [0.15, 0.2) is 109 Å². The Morgan fingerprint density at radius 2 is 1.39 bits per heavy atom. The Bertz CT molecular complexity index is 1170. The van der Waals surface area contributed by atoms with Gasteiger partial charge >= 0.3 is 0 Å². The van der Waals surface area contributed by atoms with Crippen LogP contribution in [0.3, 0.4) is 0 Å². The molecular formula is C27H20O. The summed E-state index contributed by atoms with van der Waals surface area (Å²) in [5, 5.41) is 2.45. The number of benzene rings is 4. The Labute approximate surface area is 165 Å². The van der Waals surface area contributed by atoms with E-state index in [1.54, 1.807) is 0 Å². The van der Waals surface area contributed by atoms with E-state index in [4.69, 9.17) is 4.74 Å². The summed E-state index contributed by atoms with van der Waals surface area (Å²) in [5.74, 6) is 0.933. The molecule has 134 valence electrons. The Balaban J connectivity index is 1.64. The minimum absolute atomic E-state index is 0.107. The predicted octanol–water partition coefficient (Wildman–Crippen LogP) is 6.75. The minimum Gasteiger partial charge on any atom is -0.482 e. The molecule has 5 rings (SSSR count). The number of fused-ring (bicyclic) bond motifs is 3. The molecule has 0 saturated carbocycles. The molecule has 0 aliphatic carbocycles. The van der Waals surface area contributed by atoms with Crippen molar-refractivity contribution < 1.29 is 4.74 Å². The molecular weight excluding hydrogens is 340 g/mol. The lowest BCUT2D eigenvalue weighted by Crippen LogP contribution is -2.17. The molecule has 1 aliphatic heterocycles. The van der Waals surface area contributed by atoms with Crippen molar-refractivity contribution in [3.63, 3.8) is 0 Å². The lowest BCUT2D eigenvalue weighted by Gasteiger charge is -2.25. The van der Waals surface area contributed by atoms with Crippen molar-refractivity contribution in [1.29, 1.82) is 0 Å². The molecule has 0 spiro atoms. The Morgan fingerprint density at radius 1 is 0.679 bits per heavy atom. The van der Waals surface area contributed by atoms with E-state index in [1.807, 2.05) is 18.2 Å². The van der Waals surface area contributed by atoms with E-state index in [0.717, 1.165) is 5.75 Å². The molecule has 1 atom stereocenters. The normalized spacial score (nSPS) is 15.9. The van der Waals surface area contributed by atoms with Gasteiger partial charge in [0.05, 0.1) is 0 Å². The standard InChI is InChI=1S/C27H20O/c1-3-9-20(10-4-1)15-17-23-19-25(21-11-5-2-6-12-21)27-24-14-8-7-13-22(24)16-18-26(27)28-23/h1-19,23H/b17-15+. The molecule has 0 amide bonds. The Kier molecular flexibility index (Phi) is 4.27. The predicted molar refractivity (Wildman–Crippen MR) is 117 cm³/mol. The molecule has 4 aromatic rings. The zero-order valence-corrected chi connectivity index (χ0v) is 15.5. The van der Waals surface area contributed by atoms with E-state index < -0.39 is 0 Å². The first-order valence-electron chi connectivity index (χ1n) is 9.58. The largest absolute Gasteiger partial charge is 0.482 e. The average molecular weight is 360 g/mol. The van der Waals surface area contributed by atoms with Crippen LogP contribution in [-0.2, 0) is 0 Å². The molecule has 0 bridgehead atoms. The topological polar surface area (TPSA) is 9.23 Å². The molecule has 1 unspecified atom stereocenters. The summed E-state index contributed by atoms with van der Waals surface area (Å²) in [6.07, 6.45) is 6.36. The van der Waals surface area contributed by atoms with Gasteiger partial charge in [0.1, 0.15) is 11.9 Å². The average Bonchev–Trinajstić information content (AvgIpc) is 2.78. The second-order valence-electron chi connectivity index (χ2n) is 6.96. The second kappa shape index (κ2) is 7.21. The highest BCUT2D eigenvalue weighted by molar-refractivity contribution is 6.01. The van der Waals surface area contributed by atoms with E-state index in [2.05, 4.69) is 97.1 Å². The maximum absolute atomic E-state index is 6.35. The van der Waals surface area contributed by atoms with Crippen molar-refractivity contribution in [3.05, 3.63) is 126 Å². The molecule has 1 heteroatoms. The van der Waals surface area contributed by atoms with Crippen LogP contribution in [0.1, 0.15) is 16.7 Å². The summed E-state index contributed by atoms with van der Waals surface area (Å²) in [6, 6.07) is 33.6. The molecule has 4 aromatic carbocycles. The van der Waals surface area contributed by atoms with Crippen molar-refractivity contribution in [3.8, 4) is 5.75 Å². The smallest absolute Gasteiger partial charge is 0.136 e. The van der Waals surface area contributed by atoms with Crippen LogP contribution in [0.25, 0.3) is 22.4 Å². The number of hydrogen-bond donors (Lipinski definition) is 0. The maximum Gasteiger partial charge on any atom is 0.136 e. The molecule has 0 radical (unpaired) electrons. The zero-order valence-electron chi connectivity index (χ0n) is 15.5. The fourth-order valence-corrected chi connectivity index (χ4v) is 3.78. The number of hydrogen-bond acceptors (Lipinski definition) is 1. The van der Waals surface area contributed by atoms with Gasteiger partial charge in [-0.2, -0.15) is 0 Å². The summed E-state index contributed by atoms with van der Waals surface area (Å²) in [5.41, 5.74) is 4.78. The first-order chi connectivity index (χ1) is 13.9. The van der Waals surface area contributed by atoms with Gasteiger partial charge in [-0.25, -0.2) is 0 Å². The zero-order chi connectivity index (χ0) is 18.8. The van der Waals surface area contributed by atoms with Gasteiger partial charge in [0.15, 0.2) is 0 Å². The van der Waals surface area contributed by atoms with Crippen LogP contribution >= 0.6 is 0 Å². The highest BCUT2D eigenvalue weighted by Gasteiger charge is 2.22. The van der Waals surface area contributed by atoms with Crippen LogP contribution in [0.5, 0.6) is 5.75 Å². The molecule has 0 N–H and O–H groups in total. The van der Waals surface area contributed by atoms with Gasteiger partial charge in [-0.3, -0.25) is 0 Å². The van der Waals surface area contributed by atoms with Crippen LogP contribution in [0.4, 0.5) is 0 Å². The van der Waals surface area contributed by atoms with Crippen molar-refractivity contribution in [2.24, 2.45) is 0 Å². The lowest BCUT2D eigenvalue weighted by atomic mass is 9.89. The highest BCUT2D eigenvalue weighted by Crippen LogP contribution is 2.41. The van der Waals surface area contributed by atoms with Gasteiger partial charge in [-0.15, -0.1) is 0 Å². The van der Waals surface area contributed by atoms with Crippen LogP contribution in [0.2, 0.25) is 0 Å². The van der Waals surface area contributed by atoms with E-state index in [-0.39, 0.29) is 6.10 Å². The van der Waals surface area contributed by atoms with Crippen molar-refractivity contribution in [2.45, 2.75) is 6.10 Å². The molecule has 28 heavy (non-hydrogen) atoms. The molecule has 1 nitrogen and oxygen atoms in total. The van der Waals surface area contributed by atoms with Gasteiger partial charge in [-0.1, -0.05) is 97.1 Å². The summed E-state index contributed by atoms with van der Waals surface area (Å²) in [4.78, 5) is 0. The summed E-state index contributed by atoms with van der Waals surface area (Å²) in [6.45, 7) is 0. The Morgan fingerprint density at radius 3 is 2.21 bits per heavy atom. The van der Waals surface area contributed by atoms with Crippen LogP contribution in [0, 0.1) is 0 Å². The van der Waals surface area contributed by atoms with E-state index in [1.165, 1.54) is 33.0 Å². The first kappa shape index (κ1) is 16.6. The quantitative estimate of drug-likeness (QED) is 0.393. The van der Waals surface area contributed by atoms with Crippen LogP contribution in [-0.4, -0.2) is 6.10 Å². The first-order valence-corrected chi connectivity index (χ1v) is 9.58. The molecule has 0 saturated heterocycles. The van der Waals surface area contributed by atoms with Crippen molar-refractivity contribution in [1.82, 2.24) is 0 Å². The van der Waals surface area contributed by atoms with E-state index in [9.17, 15) is 0 Å². The van der Waals surface area contributed by atoms with Gasteiger partial charge < -0.3 is 4.74 Å². The monoisotopic (exact) mass is 360 g/mol. The summed E-state index contributed by atoms with van der Waals surface area (Å²) >= 11 is 0. The van der Waals surface area contributed by atoms with Gasteiger partial charge in [0.2, 0.25) is 0 Å². The third kappa shape index (κ3) is 3.12. The second-order valence-corrected chi connectivity index (χ2v) is 6.96. The van der Waals surface area contributed by atoms with Gasteiger partial charge in [0, 0.05) is 5.56 Å². The maximum atomic E-state index is 6.35. The Hall–Kier alpha value is -3.58. The molecule has 1 aliphatic rings. The van der Waals surface area contributed by atoms with Crippen molar-refractivity contribution >= 4 is 22.4 Å². The third-order valence-corrected chi connectivity index (χ3v) is 5.12. The molecule has 1 heterocycles. The SMILES string of the molecule is C1=C(c2ccccc2)c2c(ccc3ccccc23)OC1/C=C/c1ccccc1. The molecule has 0 aromatic heterocycles. The van der Waals surface area contributed by atoms with Gasteiger partial charge in [0.25, 0.3) is 0 Å². The highest BCUT2D eigenvalue weighted by atomic mass is 16.5. The van der Waals surface area contributed by atoms with E-state index >= 15 is 0 Å². The minimum atomic E-state index is -0.107. The van der Waals surface area contributed by atoms with Gasteiger partial charge in [-0.05, 0) is 45.7 Å². The fourth-order valence-electron chi connectivity index (χ4n) is 3.78. The lowest BCUT2D eigenvalue weighted by molar-refractivity contribution is 0.292.